The van der Waals surface area contributed by atoms with Gasteiger partial charge in [0.1, 0.15) is 0 Å². The van der Waals surface area contributed by atoms with Gasteiger partial charge in [-0.2, -0.15) is 0 Å². The molecule has 1 aliphatic rings. The standard InChI is InChI=1S/C14H26N4O/c1-4-9-15-13(14(19-3)7-6-8-14)12-11-16-17-18(12)10-5-2/h11,13,15H,4-10H2,1-3H3. The Kier molecular flexibility index (Phi) is 4.93. The molecule has 108 valence electrons. The zero-order chi connectivity index (χ0) is 13.7. The molecule has 0 amide bonds. The maximum atomic E-state index is 5.86. The van der Waals surface area contributed by atoms with Gasteiger partial charge in [0, 0.05) is 13.7 Å². The summed E-state index contributed by atoms with van der Waals surface area (Å²) in [5.74, 6) is 0. The van der Waals surface area contributed by atoms with Crippen LogP contribution in [0.3, 0.4) is 0 Å². The number of aryl methyl sites for hydroxylation is 1. The van der Waals surface area contributed by atoms with E-state index in [1.165, 1.54) is 6.42 Å². The molecular weight excluding hydrogens is 240 g/mol. The maximum Gasteiger partial charge on any atom is 0.0888 e. The lowest BCUT2D eigenvalue weighted by molar-refractivity contribution is -0.101. The van der Waals surface area contributed by atoms with Crippen molar-refractivity contribution in [3.63, 3.8) is 0 Å². The predicted octanol–water partition coefficient (Wildman–Crippen LogP) is 2.30. The van der Waals surface area contributed by atoms with Crippen LogP contribution in [0.4, 0.5) is 0 Å². The first kappa shape index (κ1) is 14.5. The first-order chi connectivity index (χ1) is 9.27. The van der Waals surface area contributed by atoms with Gasteiger partial charge in [-0.25, -0.2) is 4.68 Å². The van der Waals surface area contributed by atoms with E-state index >= 15 is 0 Å². The predicted molar refractivity (Wildman–Crippen MR) is 74.9 cm³/mol. The molecule has 1 aromatic heterocycles. The summed E-state index contributed by atoms with van der Waals surface area (Å²) in [4.78, 5) is 0. The van der Waals surface area contributed by atoms with Gasteiger partial charge in [-0.15, -0.1) is 5.10 Å². The van der Waals surface area contributed by atoms with Crippen LogP contribution in [-0.2, 0) is 11.3 Å². The Labute approximate surface area is 115 Å². The van der Waals surface area contributed by atoms with E-state index in [-0.39, 0.29) is 11.6 Å². The van der Waals surface area contributed by atoms with Crippen LogP contribution >= 0.6 is 0 Å². The number of ether oxygens (including phenoxy) is 1. The monoisotopic (exact) mass is 266 g/mol. The molecule has 1 heterocycles. The third kappa shape index (κ3) is 2.82. The molecule has 1 aliphatic carbocycles. The van der Waals surface area contributed by atoms with E-state index in [2.05, 4.69) is 29.5 Å². The van der Waals surface area contributed by atoms with Gasteiger partial charge in [0.25, 0.3) is 0 Å². The smallest absolute Gasteiger partial charge is 0.0888 e. The molecule has 0 aliphatic heterocycles. The Hall–Kier alpha value is -0.940. The van der Waals surface area contributed by atoms with Crippen molar-refractivity contribution in [1.82, 2.24) is 20.3 Å². The first-order valence-electron chi connectivity index (χ1n) is 7.44. The summed E-state index contributed by atoms with van der Waals surface area (Å²) < 4.78 is 7.88. The zero-order valence-corrected chi connectivity index (χ0v) is 12.4. The van der Waals surface area contributed by atoms with Crippen LogP contribution in [0.1, 0.15) is 57.7 Å². The van der Waals surface area contributed by atoms with Gasteiger partial charge in [-0.3, -0.25) is 0 Å². The summed E-state index contributed by atoms with van der Waals surface area (Å²) in [5, 5.41) is 11.9. The van der Waals surface area contributed by atoms with Crippen LogP contribution in [0.5, 0.6) is 0 Å². The second-order valence-electron chi connectivity index (χ2n) is 5.39. The van der Waals surface area contributed by atoms with Crippen molar-refractivity contribution < 1.29 is 4.74 Å². The second kappa shape index (κ2) is 6.48. The van der Waals surface area contributed by atoms with E-state index in [9.17, 15) is 0 Å². The molecule has 0 saturated heterocycles. The number of hydrogen-bond acceptors (Lipinski definition) is 4. The molecule has 5 nitrogen and oxygen atoms in total. The summed E-state index contributed by atoms with van der Waals surface area (Å²) >= 11 is 0. The molecule has 1 saturated carbocycles. The molecule has 19 heavy (non-hydrogen) atoms. The van der Waals surface area contributed by atoms with Gasteiger partial charge in [0.05, 0.1) is 23.5 Å². The topological polar surface area (TPSA) is 52.0 Å². The molecule has 1 atom stereocenters. The number of methoxy groups -OCH3 is 1. The van der Waals surface area contributed by atoms with Crippen LogP contribution in [-0.4, -0.2) is 34.2 Å². The molecule has 0 spiro atoms. The van der Waals surface area contributed by atoms with Gasteiger partial charge in [-0.1, -0.05) is 19.1 Å². The minimum Gasteiger partial charge on any atom is -0.376 e. The molecule has 1 fully saturated rings. The van der Waals surface area contributed by atoms with Crippen molar-refractivity contribution in [3.8, 4) is 0 Å². The van der Waals surface area contributed by atoms with Crippen molar-refractivity contribution in [1.29, 1.82) is 0 Å². The van der Waals surface area contributed by atoms with Crippen LogP contribution in [0.25, 0.3) is 0 Å². The Morgan fingerprint density at radius 1 is 1.42 bits per heavy atom. The maximum absolute atomic E-state index is 5.86. The molecule has 0 bridgehead atoms. The van der Waals surface area contributed by atoms with Crippen LogP contribution in [0.2, 0.25) is 0 Å². The fraction of sp³-hybridized carbons (Fsp3) is 0.857. The summed E-state index contributed by atoms with van der Waals surface area (Å²) in [6.45, 7) is 6.26. The van der Waals surface area contributed by atoms with Gasteiger partial charge in [0.2, 0.25) is 0 Å². The van der Waals surface area contributed by atoms with Crippen molar-refractivity contribution in [3.05, 3.63) is 11.9 Å². The lowest BCUT2D eigenvalue weighted by atomic mass is 9.73. The quantitative estimate of drug-likeness (QED) is 0.784. The third-order valence-corrected chi connectivity index (χ3v) is 4.11. The minimum atomic E-state index is -0.0671. The average molecular weight is 266 g/mol. The lowest BCUT2D eigenvalue weighted by Crippen LogP contribution is -2.51. The molecular formula is C14H26N4O. The largest absolute Gasteiger partial charge is 0.376 e. The van der Waals surface area contributed by atoms with Crippen molar-refractivity contribution in [2.75, 3.05) is 13.7 Å². The Morgan fingerprint density at radius 2 is 2.21 bits per heavy atom. The van der Waals surface area contributed by atoms with E-state index in [0.717, 1.165) is 44.5 Å². The van der Waals surface area contributed by atoms with E-state index in [1.807, 2.05) is 18.0 Å². The van der Waals surface area contributed by atoms with Gasteiger partial charge < -0.3 is 10.1 Å². The highest BCUT2D eigenvalue weighted by Gasteiger charge is 2.46. The molecule has 0 radical (unpaired) electrons. The van der Waals surface area contributed by atoms with Gasteiger partial charge in [0.15, 0.2) is 0 Å². The molecule has 1 N–H and O–H groups in total. The third-order valence-electron chi connectivity index (χ3n) is 4.11. The van der Waals surface area contributed by atoms with Crippen molar-refractivity contribution in [2.24, 2.45) is 0 Å². The van der Waals surface area contributed by atoms with E-state index in [0.29, 0.717) is 0 Å². The highest BCUT2D eigenvalue weighted by atomic mass is 16.5. The summed E-state index contributed by atoms with van der Waals surface area (Å²) in [6, 6.07) is 0.202. The average Bonchev–Trinajstić information content (AvgIpc) is 2.81. The number of nitrogens with zero attached hydrogens (tertiary/aromatic N) is 3. The fourth-order valence-corrected chi connectivity index (χ4v) is 2.86. The number of aromatic nitrogens is 3. The highest BCUT2D eigenvalue weighted by Crippen LogP contribution is 2.44. The highest BCUT2D eigenvalue weighted by molar-refractivity contribution is 5.13. The van der Waals surface area contributed by atoms with E-state index in [1.54, 1.807) is 0 Å². The number of rotatable bonds is 8. The Morgan fingerprint density at radius 3 is 2.74 bits per heavy atom. The van der Waals surface area contributed by atoms with Gasteiger partial charge in [-0.05, 0) is 38.6 Å². The number of nitrogens with one attached hydrogen (secondary N) is 1. The van der Waals surface area contributed by atoms with E-state index in [4.69, 9.17) is 4.74 Å². The molecule has 2 rings (SSSR count). The number of hydrogen-bond donors (Lipinski definition) is 1. The SMILES string of the molecule is CCCNC(c1cnnn1CCC)C1(OC)CCC1. The van der Waals surface area contributed by atoms with Crippen molar-refractivity contribution in [2.45, 2.75) is 64.1 Å². The molecule has 1 aromatic rings. The van der Waals surface area contributed by atoms with Crippen LogP contribution < -0.4 is 5.32 Å². The Bertz CT molecular complexity index is 381. The summed E-state index contributed by atoms with van der Waals surface area (Å²) in [7, 11) is 1.83. The summed E-state index contributed by atoms with van der Waals surface area (Å²) in [5.41, 5.74) is 1.10. The Balaban J connectivity index is 2.23. The molecule has 0 aromatic carbocycles. The minimum absolute atomic E-state index is 0.0671. The second-order valence-corrected chi connectivity index (χ2v) is 5.39. The molecule has 1 unspecified atom stereocenters. The van der Waals surface area contributed by atoms with Crippen LogP contribution in [0.15, 0.2) is 6.20 Å². The zero-order valence-electron chi connectivity index (χ0n) is 12.4. The summed E-state index contributed by atoms with van der Waals surface area (Å²) in [6.07, 6.45) is 7.54. The van der Waals surface area contributed by atoms with Crippen molar-refractivity contribution >= 4 is 0 Å². The lowest BCUT2D eigenvalue weighted by Gasteiger charge is -2.46. The van der Waals surface area contributed by atoms with Crippen LogP contribution in [0, 0.1) is 0 Å². The molecule has 5 heteroatoms. The normalized spacial score (nSPS) is 19.1. The van der Waals surface area contributed by atoms with E-state index < -0.39 is 0 Å². The first-order valence-corrected chi connectivity index (χ1v) is 7.44. The van der Waals surface area contributed by atoms with Gasteiger partial charge >= 0.3 is 0 Å². The fourth-order valence-electron chi connectivity index (χ4n) is 2.86.